The molecule has 0 radical (unpaired) electrons. The van der Waals surface area contributed by atoms with Gasteiger partial charge in [-0.05, 0) is 37.0 Å². The van der Waals surface area contributed by atoms with E-state index in [4.69, 9.17) is 0 Å². The van der Waals surface area contributed by atoms with Gasteiger partial charge >= 0.3 is 0 Å². The summed E-state index contributed by atoms with van der Waals surface area (Å²) in [7, 11) is 0. The van der Waals surface area contributed by atoms with Gasteiger partial charge < -0.3 is 5.32 Å². The molecule has 1 aromatic rings. The van der Waals surface area contributed by atoms with E-state index >= 15 is 0 Å². The van der Waals surface area contributed by atoms with Gasteiger partial charge in [0.25, 0.3) is 0 Å². The van der Waals surface area contributed by atoms with Crippen LogP contribution in [0.5, 0.6) is 0 Å². The van der Waals surface area contributed by atoms with Crippen LogP contribution in [-0.2, 0) is 6.54 Å². The van der Waals surface area contributed by atoms with Crippen LogP contribution < -0.4 is 5.32 Å². The fourth-order valence-corrected chi connectivity index (χ4v) is 2.99. The molecular weight excluding hydrogens is 262 g/mol. The predicted octanol–water partition coefficient (Wildman–Crippen LogP) is 4.18. The zero-order valence-electron chi connectivity index (χ0n) is 9.93. The third-order valence-corrected chi connectivity index (χ3v) is 4.13. The topological polar surface area (TPSA) is 12.0 Å². The van der Waals surface area contributed by atoms with Crippen LogP contribution in [-0.4, -0.2) is 6.04 Å². The van der Waals surface area contributed by atoms with Crippen molar-refractivity contribution >= 4 is 15.9 Å². The van der Waals surface area contributed by atoms with Crippen molar-refractivity contribution in [1.29, 1.82) is 0 Å². The Balaban J connectivity index is 1.88. The van der Waals surface area contributed by atoms with E-state index < -0.39 is 0 Å². The number of hydrogen-bond donors (Lipinski definition) is 1. The van der Waals surface area contributed by atoms with Crippen molar-refractivity contribution in [1.82, 2.24) is 5.32 Å². The standard InChI is InChI=1S/C14H20BrN/c1-11-7-8-12(14(15)9-11)10-16-13-5-3-2-4-6-13/h7-9,13,16H,2-6,10H2,1H3. The average Bonchev–Trinajstić information content (AvgIpc) is 2.29. The highest BCUT2D eigenvalue weighted by atomic mass is 79.9. The summed E-state index contributed by atoms with van der Waals surface area (Å²) in [5.41, 5.74) is 2.68. The van der Waals surface area contributed by atoms with Gasteiger partial charge in [0.05, 0.1) is 0 Å². The molecule has 0 spiro atoms. The first-order chi connectivity index (χ1) is 7.75. The lowest BCUT2D eigenvalue weighted by Crippen LogP contribution is -2.30. The Morgan fingerprint density at radius 2 is 2.00 bits per heavy atom. The van der Waals surface area contributed by atoms with E-state index in [-0.39, 0.29) is 0 Å². The van der Waals surface area contributed by atoms with Gasteiger partial charge in [-0.2, -0.15) is 0 Å². The van der Waals surface area contributed by atoms with Gasteiger partial charge in [0.2, 0.25) is 0 Å². The van der Waals surface area contributed by atoms with Crippen molar-refractivity contribution in [3.05, 3.63) is 33.8 Å². The Labute approximate surface area is 107 Å². The van der Waals surface area contributed by atoms with Crippen molar-refractivity contribution in [2.24, 2.45) is 0 Å². The van der Waals surface area contributed by atoms with Crippen LogP contribution in [0, 0.1) is 6.92 Å². The molecule has 0 saturated heterocycles. The van der Waals surface area contributed by atoms with E-state index in [0.29, 0.717) is 0 Å². The highest BCUT2D eigenvalue weighted by Crippen LogP contribution is 2.21. The monoisotopic (exact) mass is 281 g/mol. The molecule has 16 heavy (non-hydrogen) atoms. The number of rotatable bonds is 3. The molecule has 0 aliphatic heterocycles. The maximum Gasteiger partial charge on any atom is 0.0222 e. The van der Waals surface area contributed by atoms with E-state index in [2.05, 4.69) is 46.4 Å². The van der Waals surface area contributed by atoms with Crippen LogP contribution in [0.15, 0.2) is 22.7 Å². The Morgan fingerprint density at radius 3 is 2.69 bits per heavy atom. The number of hydrogen-bond acceptors (Lipinski definition) is 1. The normalized spacial score (nSPS) is 17.6. The van der Waals surface area contributed by atoms with Gasteiger partial charge in [-0.3, -0.25) is 0 Å². The minimum atomic E-state index is 0.738. The van der Waals surface area contributed by atoms with Crippen molar-refractivity contribution in [2.45, 2.75) is 51.6 Å². The summed E-state index contributed by atoms with van der Waals surface area (Å²) in [6.45, 7) is 3.12. The summed E-state index contributed by atoms with van der Waals surface area (Å²) in [5.74, 6) is 0. The number of benzene rings is 1. The second-order valence-electron chi connectivity index (χ2n) is 4.81. The number of aryl methyl sites for hydroxylation is 1. The fourth-order valence-electron chi connectivity index (χ4n) is 2.36. The number of halogens is 1. The van der Waals surface area contributed by atoms with Crippen molar-refractivity contribution in [3.63, 3.8) is 0 Å². The van der Waals surface area contributed by atoms with Gasteiger partial charge in [0.15, 0.2) is 0 Å². The molecule has 1 saturated carbocycles. The Kier molecular flexibility index (Phi) is 4.42. The van der Waals surface area contributed by atoms with Gasteiger partial charge in [0, 0.05) is 17.1 Å². The molecule has 1 aliphatic rings. The van der Waals surface area contributed by atoms with E-state index in [1.54, 1.807) is 0 Å². The minimum absolute atomic E-state index is 0.738. The molecule has 1 aromatic carbocycles. The Bertz CT molecular complexity index is 343. The largest absolute Gasteiger partial charge is 0.310 e. The molecular formula is C14H20BrN. The Hall–Kier alpha value is -0.340. The minimum Gasteiger partial charge on any atom is -0.310 e. The lowest BCUT2D eigenvalue weighted by molar-refractivity contribution is 0.372. The van der Waals surface area contributed by atoms with Crippen LogP contribution in [0.1, 0.15) is 43.2 Å². The maximum atomic E-state index is 3.67. The molecule has 0 amide bonds. The molecule has 1 nitrogen and oxygen atoms in total. The third-order valence-electron chi connectivity index (χ3n) is 3.39. The van der Waals surface area contributed by atoms with Gasteiger partial charge in [0.1, 0.15) is 0 Å². The summed E-state index contributed by atoms with van der Waals surface area (Å²) >= 11 is 3.63. The molecule has 88 valence electrons. The predicted molar refractivity (Wildman–Crippen MR) is 72.6 cm³/mol. The molecule has 1 fully saturated rings. The SMILES string of the molecule is Cc1ccc(CNC2CCCCC2)c(Br)c1. The lowest BCUT2D eigenvalue weighted by Gasteiger charge is -2.23. The second kappa shape index (κ2) is 5.83. The highest BCUT2D eigenvalue weighted by Gasteiger charge is 2.12. The van der Waals surface area contributed by atoms with Crippen molar-refractivity contribution < 1.29 is 0 Å². The molecule has 1 aliphatic carbocycles. The summed E-state index contributed by atoms with van der Waals surface area (Å²) in [6, 6.07) is 7.33. The van der Waals surface area contributed by atoms with E-state index in [1.165, 1.54) is 47.7 Å². The molecule has 2 rings (SSSR count). The zero-order chi connectivity index (χ0) is 11.4. The molecule has 1 N–H and O–H groups in total. The molecule has 2 heteroatoms. The quantitative estimate of drug-likeness (QED) is 0.877. The fraction of sp³-hybridized carbons (Fsp3) is 0.571. The molecule has 0 unspecified atom stereocenters. The average molecular weight is 282 g/mol. The number of nitrogens with one attached hydrogen (secondary N) is 1. The van der Waals surface area contributed by atoms with Gasteiger partial charge in [-0.25, -0.2) is 0 Å². The summed E-state index contributed by atoms with van der Waals surface area (Å²) in [5, 5.41) is 3.67. The van der Waals surface area contributed by atoms with Crippen LogP contribution >= 0.6 is 15.9 Å². The molecule has 0 heterocycles. The Morgan fingerprint density at radius 1 is 1.25 bits per heavy atom. The summed E-state index contributed by atoms with van der Waals surface area (Å²) < 4.78 is 1.23. The van der Waals surface area contributed by atoms with Crippen molar-refractivity contribution in [2.75, 3.05) is 0 Å². The summed E-state index contributed by atoms with van der Waals surface area (Å²) in [6.07, 6.45) is 6.92. The molecule has 0 aromatic heterocycles. The van der Waals surface area contributed by atoms with Crippen LogP contribution in [0.2, 0.25) is 0 Å². The lowest BCUT2D eigenvalue weighted by atomic mass is 9.95. The first-order valence-electron chi connectivity index (χ1n) is 6.24. The smallest absolute Gasteiger partial charge is 0.0222 e. The second-order valence-corrected chi connectivity index (χ2v) is 5.67. The van der Waals surface area contributed by atoms with E-state index in [0.717, 1.165) is 12.6 Å². The van der Waals surface area contributed by atoms with Crippen LogP contribution in [0.25, 0.3) is 0 Å². The van der Waals surface area contributed by atoms with E-state index in [1.807, 2.05) is 0 Å². The molecule has 0 bridgehead atoms. The summed E-state index contributed by atoms with van der Waals surface area (Å²) in [4.78, 5) is 0. The first kappa shape index (κ1) is 12.1. The molecule has 0 atom stereocenters. The van der Waals surface area contributed by atoms with Gasteiger partial charge in [-0.15, -0.1) is 0 Å². The van der Waals surface area contributed by atoms with Gasteiger partial charge in [-0.1, -0.05) is 47.3 Å². The zero-order valence-corrected chi connectivity index (χ0v) is 11.5. The van der Waals surface area contributed by atoms with Crippen LogP contribution in [0.3, 0.4) is 0 Å². The van der Waals surface area contributed by atoms with E-state index in [9.17, 15) is 0 Å². The maximum absolute atomic E-state index is 3.67. The third kappa shape index (κ3) is 3.33. The first-order valence-corrected chi connectivity index (χ1v) is 7.03. The van der Waals surface area contributed by atoms with Crippen molar-refractivity contribution in [3.8, 4) is 0 Å². The highest BCUT2D eigenvalue weighted by molar-refractivity contribution is 9.10. The van der Waals surface area contributed by atoms with Crippen LogP contribution in [0.4, 0.5) is 0 Å².